The second kappa shape index (κ2) is 6.16. The molecule has 3 rings (SSSR count). The summed E-state index contributed by atoms with van der Waals surface area (Å²) in [6.07, 6.45) is 1.24. The van der Waals surface area contributed by atoms with Crippen molar-refractivity contribution in [2.75, 3.05) is 13.1 Å². The van der Waals surface area contributed by atoms with Gasteiger partial charge in [0.2, 0.25) is 0 Å². The average molecular weight is 317 g/mol. The third kappa shape index (κ3) is 3.52. The van der Waals surface area contributed by atoms with Gasteiger partial charge < -0.3 is 14.7 Å². The van der Waals surface area contributed by atoms with Crippen molar-refractivity contribution in [2.45, 2.75) is 51.2 Å². The number of rotatable bonds is 1. The molecule has 1 N–H and O–H groups in total. The summed E-state index contributed by atoms with van der Waals surface area (Å²) >= 11 is 0. The van der Waals surface area contributed by atoms with E-state index < -0.39 is 5.60 Å². The summed E-state index contributed by atoms with van der Waals surface area (Å²) in [5.41, 5.74) is 0.712. The fraction of sp³-hybridized carbons (Fsp3) is 0.632. The van der Waals surface area contributed by atoms with E-state index in [2.05, 4.69) is 12.1 Å². The number of carbonyl (C=O) groups is 1. The van der Waals surface area contributed by atoms with Crippen LogP contribution in [-0.4, -0.2) is 40.9 Å². The minimum Gasteiger partial charge on any atom is -0.444 e. The van der Waals surface area contributed by atoms with E-state index in [9.17, 15) is 9.90 Å². The van der Waals surface area contributed by atoms with Gasteiger partial charge in [-0.05, 0) is 51.0 Å². The van der Waals surface area contributed by atoms with E-state index in [1.165, 1.54) is 5.56 Å². The minimum absolute atomic E-state index is 0.113. The summed E-state index contributed by atoms with van der Waals surface area (Å²) < 4.78 is 5.52. The van der Waals surface area contributed by atoms with Crippen molar-refractivity contribution in [1.29, 1.82) is 0 Å². The predicted molar refractivity (Wildman–Crippen MR) is 89.2 cm³/mol. The highest BCUT2D eigenvalue weighted by atomic mass is 16.6. The van der Waals surface area contributed by atoms with E-state index in [0.717, 1.165) is 19.4 Å². The zero-order valence-corrected chi connectivity index (χ0v) is 14.2. The van der Waals surface area contributed by atoms with Gasteiger partial charge in [0.1, 0.15) is 5.60 Å². The molecule has 1 aromatic carbocycles. The van der Waals surface area contributed by atoms with E-state index in [-0.39, 0.29) is 18.1 Å². The number of carbonyl (C=O) groups excluding carboxylic acids is 1. The third-order valence-corrected chi connectivity index (χ3v) is 5.04. The third-order valence-electron chi connectivity index (χ3n) is 5.04. The van der Waals surface area contributed by atoms with Crippen molar-refractivity contribution in [1.82, 2.24) is 4.90 Å². The first-order chi connectivity index (χ1) is 10.8. The van der Waals surface area contributed by atoms with Crippen molar-refractivity contribution in [3.63, 3.8) is 0 Å². The molecule has 2 aliphatic rings. The maximum Gasteiger partial charge on any atom is 0.410 e. The summed E-state index contributed by atoms with van der Waals surface area (Å²) in [6, 6.07) is 10.2. The van der Waals surface area contributed by atoms with Gasteiger partial charge >= 0.3 is 6.09 Å². The van der Waals surface area contributed by atoms with Crippen molar-refractivity contribution >= 4 is 6.09 Å². The Balaban J connectivity index is 1.77. The molecule has 4 heteroatoms. The molecule has 0 aromatic heterocycles. The molecular formula is C19H27NO3. The predicted octanol–water partition coefficient (Wildman–Crippen LogP) is 3.41. The molecule has 1 unspecified atom stereocenters. The number of benzene rings is 1. The molecule has 0 radical (unpaired) electrons. The number of amides is 1. The molecule has 1 saturated heterocycles. The summed E-state index contributed by atoms with van der Waals surface area (Å²) in [6.45, 7) is 7.10. The van der Waals surface area contributed by atoms with Crippen molar-refractivity contribution in [3.8, 4) is 0 Å². The second-order valence-corrected chi connectivity index (χ2v) is 7.89. The lowest BCUT2D eigenvalue weighted by Gasteiger charge is -2.37. The average Bonchev–Trinajstić information content (AvgIpc) is 2.90. The quantitative estimate of drug-likeness (QED) is 0.863. The van der Waals surface area contributed by atoms with Gasteiger partial charge in [-0.3, -0.25) is 0 Å². The van der Waals surface area contributed by atoms with Crippen LogP contribution in [0.4, 0.5) is 4.79 Å². The van der Waals surface area contributed by atoms with Gasteiger partial charge in [0.25, 0.3) is 0 Å². The van der Waals surface area contributed by atoms with Gasteiger partial charge in [0, 0.05) is 19.0 Å². The summed E-state index contributed by atoms with van der Waals surface area (Å²) in [7, 11) is 0. The Morgan fingerprint density at radius 1 is 1.17 bits per heavy atom. The zero-order valence-electron chi connectivity index (χ0n) is 14.2. The first-order valence-electron chi connectivity index (χ1n) is 8.56. The normalized spacial score (nSPS) is 30.9. The summed E-state index contributed by atoms with van der Waals surface area (Å²) in [5.74, 6) is 0.882. The first-order valence-corrected chi connectivity index (χ1v) is 8.56. The molecule has 1 heterocycles. The molecule has 0 spiro atoms. The Hall–Kier alpha value is -1.55. The van der Waals surface area contributed by atoms with Gasteiger partial charge in [0.05, 0.1) is 6.10 Å². The number of hydrogen-bond donors (Lipinski definition) is 1. The van der Waals surface area contributed by atoms with Gasteiger partial charge in [-0.15, -0.1) is 0 Å². The van der Waals surface area contributed by atoms with E-state index in [1.54, 1.807) is 0 Å². The van der Waals surface area contributed by atoms with Crippen LogP contribution >= 0.6 is 0 Å². The largest absolute Gasteiger partial charge is 0.444 e. The van der Waals surface area contributed by atoms with Crippen LogP contribution in [0.5, 0.6) is 0 Å². The van der Waals surface area contributed by atoms with Gasteiger partial charge in [0.15, 0.2) is 0 Å². The number of likely N-dealkylation sites (tertiary alicyclic amines) is 1. The maximum absolute atomic E-state index is 12.4. The highest BCUT2D eigenvalue weighted by Gasteiger charge is 2.46. The zero-order chi connectivity index (χ0) is 16.6. The monoisotopic (exact) mass is 317 g/mol. The first kappa shape index (κ1) is 16.3. The Kier molecular flexibility index (Phi) is 4.37. The van der Waals surface area contributed by atoms with E-state index >= 15 is 0 Å². The summed E-state index contributed by atoms with van der Waals surface area (Å²) in [4.78, 5) is 14.2. The lowest BCUT2D eigenvalue weighted by molar-refractivity contribution is 0.0278. The van der Waals surface area contributed by atoms with Crippen molar-refractivity contribution in [2.24, 2.45) is 11.8 Å². The topological polar surface area (TPSA) is 49.8 Å². The van der Waals surface area contributed by atoms with Crippen LogP contribution in [0.1, 0.15) is 45.1 Å². The van der Waals surface area contributed by atoms with Crippen LogP contribution in [0.15, 0.2) is 30.3 Å². The highest BCUT2D eigenvalue weighted by Crippen LogP contribution is 2.45. The highest BCUT2D eigenvalue weighted by molar-refractivity contribution is 5.68. The number of hydrogen-bond acceptors (Lipinski definition) is 3. The molecule has 2 fully saturated rings. The van der Waals surface area contributed by atoms with Crippen LogP contribution in [0, 0.1) is 11.8 Å². The smallest absolute Gasteiger partial charge is 0.410 e. The Bertz CT molecular complexity index is 551. The SMILES string of the molecule is CC(C)(C)OC(=O)N1CC2[C@@H](CC[C@H](O)[C@H]2c2ccccc2)C1. The number of aliphatic hydroxyl groups excluding tert-OH is 1. The lowest BCUT2D eigenvalue weighted by Crippen LogP contribution is -2.37. The molecule has 0 bridgehead atoms. The fourth-order valence-electron chi connectivity index (χ4n) is 4.08. The Morgan fingerprint density at radius 3 is 2.52 bits per heavy atom. The molecule has 4 atom stereocenters. The molecule has 1 aliphatic heterocycles. The molecule has 23 heavy (non-hydrogen) atoms. The van der Waals surface area contributed by atoms with E-state index in [1.807, 2.05) is 43.9 Å². The molecular weight excluding hydrogens is 290 g/mol. The number of ether oxygens (including phenoxy) is 1. The number of fused-ring (bicyclic) bond motifs is 1. The summed E-state index contributed by atoms with van der Waals surface area (Å²) in [5, 5.41) is 10.5. The van der Waals surface area contributed by atoms with Gasteiger partial charge in [-0.25, -0.2) is 4.79 Å². The molecule has 1 saturated carbocycles. The van der Waals surface area contributed by atoms with Crippen LogP contribution < -0.4 is 0 Å². The van der Waals surface area contributed by atoms with Gasteiger partial charge in [-0.1, -0.05) is 30.3 Å². The van der Waals surface area contributed by atoms with Crippen LogP contribution in [-0.2, 0) is 4.74 Å². The van der Waals surface area contributed by atoms with E-state index in [0.29, 0.717) is 18.4 Å². The van der Waals surface area contributed by atoms with Crippen molar-refractivity contribution < 1.29 is 14.6 Å². The Morgan fingerprint density at radius 2 is 1.87 bits per heavy atom. The minimum atomic E-state index is -0.469. The second-order valence-electron chi connectivity index (χ2n) is 7.89. The van der Waals surface area contributed by atoms with Crippen LogP contribution in [0.3, 0.4) is 0 Å². The maximum atomic E-state index is 12.4. The standard InChI is InChI=1S/C19H27NO3/c1-19(2,3)23-18(22)20-11-14-9-10-16(21)17(15(14)12-20)13-7-5-4-6-8-13/h4-8,14-17,21H,9-12H2,1-3H3/t14-,15?,16-,17-/m0/s1. The molecule has 4 nitrogen and oxygen atoms in total. The lowest BCUT2D eigenvalue weighted by atomic mass is 9.69. The van der Waals surface area contributed by atoms with Crippen molar-refractivity contribution in [3.05, 3.63) is 35.9 Å². The number of aliphatic hydroxyl groups is 1. The van der Waals surface area contributed by atoms with E-state index in [4.69, 9.17) is 4.74 Å². The fourth-order valence-corrected chi connectivity index (χ4v) is 4.08. The molecule has 1 aliphatic carbocycles. The molecule has 1 amide bonds. The Labute approximate surface area is 138 Å². The van der Waals surface area contributed by atoms with Gasteiger partial charge in [-0.2, -0.15) is 0 Å². The van der Waals surface area contributed by atoms with Crippen LogP contribution in [0.25, 0.3) is 0 Å². The number of nitrogens with zero attached hydrogens (tertiary/aromatic N) is 1. The molecule has 126 valence electrons. The molecule has 1 aromatic rings. The van der Waals surface area contributed by atoms with Crippen LogP contribution in [0.2, 0.25) is 0 Å².